The molecule has 5 rings (SSSR count). The lowest BCUT2D eigenvalue weighted by Crippen LogP contribution is -2.39. The minimum atomic E-state index is -0.256. The third kappa shape index (κ3) is 5.11. The number of nitrogens with one attached hydrogen (secondary N) is 1. The Hall–Kier alpha value is -3.83. The van der Waals surface area contributed by atoms with Gasteiger partial charge in [0.05, 0.1) is 45.7 Å². The van der Waals surface area contributed by atoms with Crippen LogP contribution in [-0.4, -0.2) is 35.5 Å². The van der Waals surface area contributed by atoms with Gasteiger partial charge in [-0.15, -0.1) is 0 Å². The number of ether oxygens (including phenoxy) is 1. The number of aromatic nitrogens is 1. The molecule has 1 unspecified atom stereocenters. The topological polar surface area (TPSA) is 104 Å². The van der Waals surface area contributed by atoms with Gasteiger partial charge in [0.25, 0.3) is 0 Å². The number of nitriles is 1. The van der Waals surface area contributed by atoms with E-state index in [-0.39, 0.29) is 11.9 Å². The first-order chi connectivity index (χ1) is 18.4. The normalized spacial score (nSPS) is 15.4. The van der Waals surface area contributed by atoms with E-state index in [1.165, 1.54) is 7.11 Å². The fraction of sp³-hybridized carbons (Fsp3) is 0.207. The molecule has 7 nitrogen and oxygen atoms in total. The highest BCUT2D eigenvalue weighted by molar-refractivity contribution is 6.37. The Morgan fingerprint density at radius 1 is 1.16 bits per heavy atom. The maximum atomic E-state index is 11.7. The Kier molecular flexibility index (Phi) is 7.39. The number of nitrogens with two attached hydrogens (primary N) is 1. The highest BCUT2D eigenvalue weighted by atomic mass is 35.5. The number of primary amides is 1. The van der Waals surface area contributed by atoms with Crippen molar-refractivity contribution in [2.75, 3.05) is 19.0 Å². The zero-order chi connectivity index (χ0) is 26.8. The molecule has 1 aliphatic rings. The Bertz CT molecular complexity index is 1570. The van der Waals surface area contributed by atoms with Crippen LogP contribution >= 0.6 is 23.2 Å². The third-order valence-corrected chi connectivity index (χ3v) is 7.46. The molecule has 1 amide bonds. The van der Waals surface area contributed by atoms with Gasteiger partial charge in [-0.25, -0.2) is 0 Å². The number of anilines is 2. The molecule has 0 aliphatic carbocycles. The number of benzene rings is 3. The van der Waals surface area contributed by atoms with Crippen LogP contribution in [0.3, 0.4) is 0 Å². The molecule has 1 aliphatic heterocycles. The van der Waals surface area contributed by atoms with Crippen LogP contribution in [0.2, 0.25) is 10.0 Å². The lowest BCUT2D eigenvalue weighted by atomic mass is 10.0. The standard InChI is InChI=1S/C29H25Cl2N5O2/c1-38-27-13-25(22(30)12-23(27)31)35-28-20(14-32)15-34-24-11-19(8-9-21(24)28)18-6-4-17(5-7-18)16-36-10-2-3-26(36)29(33)37/h4-9,11-13,15,26H,2-3,10,16H2,1H3,(H2,33,37)(H,34,35). The molecule has 2 heterocycles. The minimum absolute atomic E-state index is 0.189. The van der Waals surface area contributed by atoms with E-state index in [4.69, 9.17) is 33.7 Å². The van der Waals surface area contributed by atoms with E-state index in [2.05, 4.69) is 45.5 Å². The van der Waals surface area contributed by atoms with Crippen molar-refractivity contribution in [3.8, 4) is 22.9 Å². The van der Waals surface area contributed by atoms with Crippen LogP contribution in [0.1, 0.15) is 24.0 Å². The molecule has 1 atom stereocenters. The largest absolute Gasteiger partial charge is 0.495 e. The molecule has 9 heteroatoms. The number of rotatable bonds is 7. The Morgan fingerprint density at radius 3 is 2.63 bits per heavy atom. The monoisotopic (exact) mass is 545 g/mol. The number of amides is 1. The maximum absolute atomic E-state index is 11.7. The number of halogens is 2. The second-order valence-corrected chi connectivity index (χ2v) is 10.0. The molecule has 1 fully saturated rings. The Labute approximate surface area is 230 Å². The van der Waals surface area contributed by atoms with E-state index < -0.39 is 0 Å². The molecule has 1 saturated heterocycles. The number of likely N-dealkylation sites (tertiary alicyclic amines) is 1. The van der Waals surface area contributed by atoms with Crippen molar-refractivity contribution in [3.05, 3.63) is 82.0 Å². The zero-order valence-corrected chi connectivity index (χ0v) is 22.2. The van der Waals surface area contributed by atoms with Crippen molar-refractivity contribution in [2.45, 2.75) is 25.4 Å². The molecule has 0 saturated carbocycles. The van der Waals surface area contributed by atoms with Gasteiger partial charge in [-0.3, -0.25) is 14.7 Å². The van der Waals surface area contributed by atoms with E-state index in [0.717, 1.165) is 47.0 Å². The summed E-state index contributed by atoms with van der Waals surface area (Å²) >= 11 is 12.6. The fourth-order valence-corrected chi connectivity index (χ4v) is 5.39. The lowest BCUT2D eigenvalue weighted by Gasteiger charge is -2.21. The molecule has 0 bridgehead atoms. The maximum Gasteiger partial charge on any atom is 0.234 e. The van der Waals surface area contributed by atoms with Gasteiger partial charge in [-0.2, -0.15) is 5.26 Å². The second kappa shape index (κ2) is 10.9. The highest BCUT2D eigenvalue weighted by Crippen LogP contribution is 2.38. The Morgan fingerprint density at radius 2 is 1.92 bits per heavy atom. The molecular formula is C29H25Cl2N5O2. The lowest BCUT2D eigenvalue weighted by molar-refractivity contribution is -0.122. The van der Waals surface area contributed by atoms with Crippen molar-refractivity contribution < 1.29 is 9.53 Å². The molecule has 192 valence electrons. The molecular weight excluding hydrogens is 521 g/mol. The van der Waals surface area contributed by atoms with Gasteiger partial charge < -0.3 is 15.8 Å². The Balaban J connectivity index is 1.44. The van der Waals surface area contributed by atoms with Crippen molar-refractivity contribution >= 4 is 51.4 Å². The van der Waals surface area contributed by atoms with E-state index in [1.54, 1.807) is 18.3 Å². The second-order valence-electron chi connectivity index (χ2n) is 9.21. The van der Waals surface area contributed by atoms with Gasteiger partial charge in [0.2, 0.25) is 5.91 Å². The van der Waals surface area contributed by atoms with Crippen LogP contribution in [0, 0.1) is 11.3 Å². The first-order valence-corrected chi connectivity index (χ1v) is 12.9. The summed E-state index contributed by atoms with van der Waals surface area (Å²) in [6.45, 7) is 1.57. The number of hydrogen-bond acceptors (Lipinski definition) is 6. The summed E-state index contributed by atoms with van der Waals surface area (Å²) in [4.78, 5) is 18.4. The summed E-state index contributed by atoms with van der Waals surface area (Å²) in [7, 11) is 1.53. The number of carbonyl (C=O) groups is 1. The summed E-state index contributed by atoms with van der Waals surface area (Å²) < 4.78 is 5.32. The summed E-state index contributed by atoms with van der Waals surface area (Å²) in [5, 5.41) is 14.6. The number of carbonyl (C=O) groups excluding carboxylic acids is 1. The molecule has 3 N–H and O–H groups in total. The smallest absolute Gasteiger partial charge is 0.234 e. The van der Waals surface area contributed by atoms with Crippen LogP contribution in [0.4, 0.5) is 11.4 Å². The van der Waals surface area contributed by atoms with Crippen LogP contribution in [-0.2, 0) is 11.3 Å². The minimum Gasteiger partial charge on any atom is -0.495 e. The van der Waals surface area contributed by atoms with Crippen LogP contribution in [0.25, 0.3) is 22.0 Å². The summed E-state index contributed by atoms with van der Waals surface area (Å²) in [6.07, 6.45) is 3.35. The average molecular weight is 546 g/mol. The van der Waals surface area contributed by atoms with Crippen molar-refractivity contribution in [3.63, 3.8) is 0 Å². The molecule has 3 aromatic carbocycles. The highest BCUT2D eigenvalue weighted by Gasteiger charge is 2.28. The van der Waals surface area contributed by atoms with Gasteiger partial charge in [-0.1, -0.05) is 59.6 Å². The predicted molar refractivity (Wildman–Crippen MR) is 151 cm³/mol. The van der Waals surface area contributed by atoms with E-state index in [1.807, 2.05) is 18.2 Å². The summed E-state index contributed by atoms with van der Waals surface area (Å²) in [5.74, 6) is 0.213. The van der Waals surface area contributed by atoms with Gasteiger partial charge in [0.1, 0.15) is 11.8 Å². The average Bonchev–Trinajstić information content (AvgIpc) is 3.39. The van der Waals surface area contributed by atoms with Gasteiger partial charge in [0.15, 0.2) is 0 Å². The van der Waals surface area contributed by atoms with Gasteiger partial charge >= 0.3 is 0 Å². The SMILES string of the molecule is COc1cc(Nc2c(C#N)cnc3cc(-c4ccc(CN5CCCC5C(N)=O)cc4)ccc23)c(Cl)cc1Cl. The van der Waals surface area contributed by atoms with Crippen LogP contribution < -0.4 is 15.8 Å². The van der Waals surface area contributed by atoms with Crippen molar-refractivity contribution in [1.29, 1.82) is 5.26 Å². The molecule has 1 aromatic heterocycles. The van der Waals surface area contributed by atoms with Gasteiger partial charge in [0, 0.05) is 24.2 Å². The first kappa shape index (κ1) is 25.8. The quantitative estimate of drug-likeness (QED) is 0.283. The van der Waals surface area contributed by atoms with Crippen molar-refractivity contribution in [1.82, 2.24) is 9.88 Å². The molecule has 38 heavy (non-hydrogen) atoms. The first-order valence-electron chi connectivity index (χ1n) is 12.1. The number of fused-ring (bicyclic) bond motifs is 1. The number of methoxy groups -OCH3 is 1. The van der Waals surface area contributed by atoms with Crippen LogP contribution in [0.5, 0.6) is 5.75 Å². The zero-order valence-electron chi connectivity index (χ0n) is 20.7. The summed E-state index contributed by atoms with van der Waals surface area (Å²) in [5.41, 5.74) is 11.0. The predicted octanol–water partition coefficient (Wildman–Crippen LogP) is 6.28. The van der Waals surface area contributed by atoms with Crippen molar-refractivity contribution in [2.24, 2.45) is 5.73 Å². The number of pyridine rings is 1. The van der Waals surface area contributed by atoms with E-state index >= 15 is 0 Å². The summed E-state index contributed by atoms with van der Waals surface area (Å²) in [6, 6.07) is 19.5. The van der Waals surface area contributed by atoms with Crippen LogP contribution in [0.15, 0.2) is 60.8 Å². The fourth-order valence-electron chi connectivity index (χ4n) is 4.88. The number of hydrogen-bond donors (Lipinski definition) is 2. The van der Waals surface area contributed by atoms with Gasteiger partial charge in [-0.05, 0) is 48.2 Å². The molecule has 0 radical (unpaired) electrons. The molecule has 4 aromatic rings. The molecule has 0 spiro atoms. The third-order valence-electron chi connectivity index (χ3n) is 6.86. The van der Waals surface area contributed by atoms with E-state index in [0.29, 0.717) is 39.3 Å². The number of nitrogens with zero attached hydrogens (tertiary/aromatic N) is 3. The van der Waals surface area contributed by atoms with E-state index in [9.17, 15) is 10.1 Å².